The quantitative estimate of drug-likeness (QED) is 0.544. The van der Waals surface area contributed by atoms with E-state index < -0.39 is 0 Å². The highest BCUT2D eigenvalue weighted by Gasteiger charge is 2.02. The third kappa shape index (κ3) is 3.87. The third-order valence-corrected chi connectivity index (χ3v) is 2.83. The van der Waals surface area contributed by atoms with Crippen molar-refractivity contribution in [3.63, 3.8) is 0 Å². The van der Waals surface area contributed by atoms with Crippen molar-refractivity contribution in [2.75, 3.05) is 18.6 Å². The first-order valence-electron chi connectivity index (χ1n) is 3.15. The molecule has 0 saturated heterocycles. The van der Waals surface area contributed by atoms with Crippen LogP contribution in [-0.4, -0.2) is 22.9 Å². The summed E-state index contributed by atoms with van der Waals surface area (Å²) in [7, 11) is 0. The highest BCUT2D eigenvalue weighted by Crippen LogP contribution is 2.18. The van der Waals surface area contributed by atoms with Crippen LogP contribution in [0, 0.1) is 0 Å². The highest BCUT2D eigenvalue weighted by atomic mass is 32.2. The van der Waals surface area contributed by atoms with E-state index in [9.17, 15) is 0 Å². The van der Waals surface area contributed by atoms with Gasteiger partial charge in [-0.25, -0.2) is 0 Å². The summed E-state index contributed by atoms with van der Waals surface area (Å²) in [6, 6.07) is 0. The summed E-state index contributed by atoms with van der Waals surface area (Å²) in [6.45, 7) is 5.03. The second-order valence-electron chi connectivity index (χ2n) is 1.20. The lowest BCUT2D eigenvalue weighted by Gasteiger charge is -1.85. The fraction of sp³-hybridized carbons (Fsp3) is 0.833. The van der Waals surface area contributed by atoms with Gasteiger partial charge in [-0.3, -0.25) is 4.99 Å². The summed E-state index contributed by atoms with van der Waals surface area (Å²) < 4.78 is 1.25. The van der Waals surface area contributed by atoms with E-state index in [0.717, 1.165) is 6.54 Å². The molecule has 1 heterocycles. The van der Waals surface area contributed by atoms with Gasteiger partial charge in [0.1, 0.15) is 4.38 Å². The van der Waals surface area contributed by atoms with Gasteiger partial charge in [0.2, 0.25) is 0 Å². The zero-order chi connectivity index (χ0) is 7.11. The van der Waals surface area contributed by atoms with E-state index in [2.05, 4.69) is 11.2 Å². The van der Waals surface area contributed by atoms with Gasteiger partial charge < -0.3 is 0 Å². The molecule has 0 atom stereocenters. The average molecular weight is 163 g/mol. The molecule has 0 aromatic rings. The number of aliphatic imine (C=N–C) groups is 1. The normalized spacial score (nSPS) is 16.1. The Morgan fingerprint density at radius 2 is 2.22 bits per heavy atom. The molecular formula is C6H13NS2. The Balaban J connectivity index is 0.000000291. The molecule has 1 rings (SSSR count). The van der Waals surface area contributed by atoms with Gasteiger partial charge in [0.15, 0.2) is 0 Å². The van der Waals surface area contributed by atoms with Crippen molar-refractivity contribution in [3.05, 3.63) is 0 Å². The van der Waals surface area contributed by atoms with Crippen molar-refractivity contribution in [3.8, 4) is 0 Å². The predicted octanol–water partition coefficient (Wildman–Crippen LogP) is 2.48. The lowest BCUT2D eigenvalue weighted by atomic mass is 10.8. The Bertz CT molecular complexity index is 91.1. The van der Waals surface area contributed by atoms with Crippen molar-refractivity contribution in [1.82, 2.24) is 0 Å². The molecule has 0 unspecified atom stereocenters. The number of hydrogen-bond donors (Lipinski definition) is 0. The van der Waals surface area contributed by atoms with Crippen molar-refractivity contribution in [2.45, 2.75) is 13.8 Å². The Morgan fingerprint density at radius 1 is 1.56 bits per heavy atom. The first kappa shape index (κ1) is 9.37. The lowest BCUT2D eigenvalue weighted by molar-refractivity contribution is 1.18. The second-order valence-corrected chi connectivity index (χ2v) is 3.34. The van der Waals surface area contributed by atoms with Crippen LogP contribution in [0.4, 0.5) is 0 Å². The van der Waals surface area contributed by atoms with E-state index in [4.69, 9.17) is 0 Å². The molecule has 0 fully saturated rings. The zero-order valence-corrected chi connectivity index (χ0v) is 7.81. The van der Waals surface area contributed by atoms with Crippen molar-refractivity contribution in [1.29, 1.82) is 0 Å². The molecule has 54 valence electrons. The van der Waals surface area contributed by atoms with Crippen LogP contribution in [0.1, 0.15) is 13.8 Å². The Hall–Kier alpha value is 0.370. The second kappa shape index (κ2) is 6.49. The molecule has 9 heavy (non-hydrogen) atoms. The minimum Gasteiger partial charge on any atom is -0.271 e. The van der Waals surface area contributed by atoms with Crippen molar-refractivity contribution >= 4 is 27.9 Å². The van der Waals surface area contributed by atoms with Crippen molar-refractivity contribution in [2.24, 2.45) is 4.99 Å². The molecule has 3 heteroatoms. The van der Waals surface area contributed by atoms with E-state index in [1.54, 1.807) is 11.8 Å². The summed E-state index contributed by atoms with van der Waals surface area (Å²) in [5.41, 5.74) is 0. The van der Waals surface area contributed by atoms with Crippen LogP contribution in [0.3, 0.4) is 0 Å². The minimum absolute atomic E-state index is 1.03. The monoisotopic (exact) mass is 163 g/mol. The topological polar surface area (TPSA) is 12.4 Å². The van der Waals surface area contributed by atoms with E-state index in [0.29, 0.717) is 0 Å². The summed E-state index contributed by atoms with van der Waals surface area (Å²) in [6.07, 6.45) is 2.07. The molecule has 1 nitrogen and oxygen atoms in total. The van der Waals surface area contributed by atoms with Crippen LogP contribution in [0.15, 0.2) is 4.99 Å². The Morgan fingerprint density at radius 3 is 2.44 bits per heavy atom. The standard InChI is InChI=1S/C4H7NS2.C2H6/c1-6-4-5-2-3-7-4;1-2/h2-3H2,1H3;1-2H3. The first-order valence-corrected chi connectivity index (χ1v) is 5.36. The van der Waals surface area contributed by atoms with Gasteiger partial charge in [-0.15, -0.1) is 11.8 Å². The van der Waals surface area contributed by atoms with Gasteiger partial charge in [-0.2, -0.15) is 0 Å². The number of rotatable bonds is 0. The SMILES string of the molecule is CC.CSC1=NCCS1. The molecule has 0 N–H and O–H groups in total. The Labute approximate surface area is 65.7 Å². The predicted molar refractivity (Wildman–Crippen MR) is 49.6 cm³/mol. The van der Waals surface area contributed by atoms with Gasteiger partial charge >= 0.3 is 0 Å². The van der Waals surface area contributed by atoms with E-state index in [-0.39, 0.29) is 0 Å². The van der Waals surface area contributed by atoms with Crippen LogP contribution < -0.4 is 0 Å². The fourth-order valence-electron chi connectivity index (χ4n) is 0.439. The van der Waals surface area contributed by atoms with Gasteiger partial charge in [0.25, 0.3) is 0 Å². The van der Waals surface area contributed by atoms with Crippen molar-refractivity contribution < 1.29 is 0 Å². The smallest absolute Gasteiger partial charge is 0.124 e. The van der Waals surface area contributed by atoms with Crippen LogP contribution in [0.5, 0.6) is 0 Å². The summed E-state index contributed by atoms with van der Waals surface area (Å²) in [5.74, 6) is 1.19. The molecule has 0 radical (unpaired) electrons. The maximum Gasteiger partial charge on any atom is 0.124 e. The molecule has 1 aliphatic heterocycles. The molecule has 0 aliphatic carbocycles. The zero-order valence-electron chi connectivity index (χ0n) is 6.18. The first-order chi connectivity index (χ1) is 4.43. The van der Waals surface area contributed by atoms with Crippen LogP contribution in [-0.2, 0) is 0 Å². The van der Waals surface area contributed by atoms with Gasteiger partial charge in [-0.05, 0) is 6.26 Å². The molecule has 0 amide bonds. The summed E-state index contributed by atoms with van der Waals surface area (Å²) >= 11 is 3.60. The largest absolute Gasteiger partial charge is 0.271 e. The van der Waals surface area contributed by atoms with E-state index in [1.807, 2.05) is 25.6 Å². The van der Waals surface area contributed by atoms with Gasteiger partial charge in [-0.1, -0.05) is 25.6 Å². The third-order valence-electron chi connectivity index (χ3n) is 0.732. The molecule has 0 spiro atoms. The summed E-state index contributed by atoms with van der Waals surface area (Å²) in [5, 5.41) is 0. The van der Waals surface area contributed by atoms with E-state index in [1.165, 1.54) is 10.1 Å². The van der Waals surface area contributed by atoms with Crippen LogP contribution >= 0.6 is 23.5 Å². The van der Waals surface area contributed by atoms with E-state index >= 15 is 0 Å². The van der Waals surface area contributed by atoms with Crippen LogP contribution in [0.25, 0.3) is 0 Å². The molecule has 0 bridgehead atoms. The number of thioether (sulfide) groups is 2. The van der Waals surface area contributed by atoms with Gasteiger partial charge in [0.05, 0.1) is 6.54 Å². The average Bonchev–Trinajstić information content (AvgIpc) is 2.43. The fourth-order valence-corrected chi connectivity index (χ4v) is 1.92. The van der Waals surface area contributed by atoms with Gasteiger partial charge in [0, 0.05) is 5.75 Å². The lowest BCUT2D eigenvalue weighted by Crippen LogP contribution is -1.72. The maximum absolute atomic E-state index is 4.20. The molecular weight excluding hydrogens is 150 g/mol. The summed E-state index contributed by atoms with van der Waals surface area (Å²) in [4.78, 5) is 4.20. The Kier molecular flexibility index (Phi) is 6.76. The molecule has 0 aromatic heterocycles. The molecule has 0 aromatic carbocycles. The molecule has 1 aliphatic rings. The minimum atomic E-state index is 1.03. The number of hydrogen-bond acceptors (Lipinski definition) is 3. The highest BCUT2D eigenvalue weighted by molar-refractivity contribution is 8.38. The van der Waals surface area contributed by atoms with Crippen LogP contribution in [0.2, 0.25) is 0 Å². The maximum atomic E-state index is 4.20. The molecule has 0 saturated carbocycles. The number of nitrogens with zero attached hydrogens (tertiary/aromatic N) is 1.